The first-order valence-electron chi connectivity index (χ1n) is 9.44. The number of benzene rings is 2. The normalized spacial score (nSPS) is 10.5. The Morgan fingerprint density at radius 2 is 1.77 bits per heavy atom. The monoisotopic (exact) mass is 419 g/mol. The van der Waals surface area contributed by atoms with Crippen LogP contribution in [0.3, 0.4) is 0 Å². The van der Waals surface area contributed by atoms with Gasteiger partial charge in [0.05, 0.1) is 25.3 Å². The zero-order valence-electron chi connectivity index (χ0n) is 17.2. The number of nitrogens with one attached hydrogen (secondary N) is 3. The van der Waals surface area contributed by atoms with Crippen LogP contribution in [0.1, 0.15) is 10.5 Å². The first-order chi connectivity index (χ1) is 15.1. The average Bonchev–Trinajstić information content (AvgIpc) is 3.20. The largest absolute Gasteiger partial charge is 0.493 e. The number of amides is 1. The molecular weight excluding hydrogens is 398 g/mol. The van der Waals surface area contributed by atoms with Gasteiger partial charge >= 0.3 is 0 Å². The van der Waals surface area contributed by atoms with Crippen molar-refractivity contribution in [2.45, 2.75) is 0 Å². The van der Waals surface area contributed by atoms with E-state index in [1.54, 1.807) is 33.4 Å². The van der Waals surface area contributed by atoms with Gasteiger partial charge in [-0.1, -0.05) is 0 Å². The minimum atomic E-state index is -0.277. The predicted molar refractivity (Wildman–Crippen MR) is 117 cm³/mol. The summed E-state index contributed by atoms with van der Waals surface area (Å²) in [7, 11) is 4.73. The van der Waals surface area contributed by atoms with Gasteiger partial charge in [-0.2, -0.15) is 0 Å². The van der Waals surface area contributed by atoms with Gasteiger partial charge in [0.2, 0.25) is 5.95 Å². The van der Waals surface area contributed by atoms with Crippen LogP contribution >= 0.6 is 0 Å². The molecule has 0 aliphatic carbocycles. The lowest BCUT2D eigenvalue weighted by molar-refractivity contribution is 0.0958. The number of carbonyl (C=O) groups is 1. The van der Waals surface area contributed by atoms with Crippen molar-refractivity contribution in [1.82, 2.24) is 20.3 Å². The number of ether oxygens (including phenoxy) is 3. The number of imidazole rings is 1. The fraction of sp³-hybridized carbons (Fsp3) is 0.136. The van der Waals surface area contributed by atoms with E-state index in [0.29, 0.717) is 28.9 Å². The molecule has 0 saturated carbocycles. The number of H-pyrrole nitrogens is 1. The highest BCUT2D eigenvalue weighted by atomic mass is 16.5. The molecule has 2 heterocycles. The van der Waals surface area contributed by atoms with Crippen molar-refractivity contribution in [3.8, 4) is 23.0 Å². The van der Waals surface area contributed by atoms with E-state index in [-0.39, 0.29) is 11.6 Å². The van der Waals surface area contributed by atoms with Gasteiger partial charge in [0.25, 0.3) is 5.91 Å². The van der Waals surface area contributed by atoms with Crippen LogP contribution in [0, 0.1) is 0 Å². The Balaban J connectivity index is 1.54. The highest BCUT2D eigenvalue weighted by Gasteiger charge is 2.10. The minimum absolute atomic E-state index is 0.277. The van der Waals surface area contributed by atoms with Crippen LogP contribution in [0.5, 0.6) is 23.0 Å². The quantitative estimate of drug-likeness (QED) is 0.417. The van der Waals surface area contributed by atoms with Gasteiger partial charge in [-0.05, 0) is 30.3 Å². The Morgan fingerprint density at radius 1 is 0.968 bits per heavy atom. The smallest absolute Gasteiger partial charge is 0.269 e. The summed E-state index contributed by atoms with van der Waals surface area (Å²) >= 11 is 0. The highest BCUT2D eigenvalue weighted by molar-refractivity contribution is 5.92. The molecule has 9 nitrogen and oxygen atoms in total. The summed E-state index contributed by atoms with van der Waals surface area (Å²) in [5.41, 5.74) is 2.65. The van der Waals surface area contributed by atoms with Crippen LogP contribution in [0.15, 0.2) is 54.7 Å². The van der Waals surface area contributed by atoms with Crippen molar-refractivity contribution < 1.29 is 19.0 Å². The molecule has 9 heteroatoms. The van der Waals surface area contributed by atoms with Gasteiger partial charge in [-0.3, -0.25) is 9.78 Å². The summed E-state index contributed by atoms with van der Waals surface area (Å²) < 4.78 is 16.5. The van der Waals surface area contributed by atoms with Crippen molar-refractivity contribution in [3.63, 3.8) is 0 Å². The molecule has 4 rings (SSSR count). The van der Waals surface area contributed by atoms with Crippen LogP contribution in [0.25, 0.3) is 11.0 Å². The first kappa shape index (κ1) is 20.0. The van der Waals surface area contributed by atoms with Crippen molar-refractivity contribution >= 4 is 28.6 Å². The number of hydrogen-bond donors (Lipinski definition) is 3. The van der Waals surface area contributed by atoms with Gasteiger partial charge in [-0.15, -0.1) is 0 Å². The van der Waals surface area contributed by atoms with Crippen molar-refractivity contribution in [2.75, 3.05) is 26.6 Å². The molecule has 0 saturated heterocycles. The Labute approximate surface area is 178 Å². The molecular formula is C22H21N5O4. The summed E-state index contributed by atoms with van der Waals surface area (Å²) in [6.45, 7) is 0. The number of nitrogens with zero attached hydrogens (tertiary/aromatic N) is 2. The molecule has 0 bridgehead atoms. The van der Waals surface area contributed by atoms with E-state index in [9.17, 15) is 4.79 Å². The lowest BCUT2D eigenvalue weighted by Crippen LogP contribution is -2.18. The SMILES string of the molecule is CNC(=O)c1cc(Oc2ccc3nc(Nc4ccc(OC)c(OC)c4)[nH]c3c2)ccn1. The first-order valence-corrected chi connectivity index (χ1v) is 9.44. The average molecular weight is 419 g/mol. The Bertz CT molecular complexity index is 1240. The van der Waals surface area contributed by atoms with Gasteiger partial charge in [0.1, 0.15) is 17.2 Å². The summed E-state index contributed by atoms with van der Waals surface area (Å²) in [6, 6.07) is 14.3. The van der Waals surface area contributed by atoms with Crippen LogP contribution in [-0.2, 0) is 0 Å². The zero-order chi connectivity index (χ0) is 21.8. The Kier molecular flexibility index (Phi) is 5.57. The number of aromatic nitrogens is 3. The number of hydrogen-bond acceptors (Lipinski definition) is 7. The molecule has 0 atom stereocenters. The number of carbonyl (C=O) groups excluding carboxylic acids is 1. The van der Waals surface area contributed by atoms with Gasteiger partial charge in [0.15, 0.2) is 11.5 Å². The molecule has 4 aromatic rings. The second kappa shape index (κ2) is 8.62. The molecule has 3 N–H and O–H groups in total. The lowest BCUT2D eigenvalue weighted by Gasteiger charge is -2.09. The second-order valence-electron chi connectivity index (χ2n) is 6.52. The number of methoxy groups -OCH3 is 2. The number of rotatable bonds is 7. The van der Waals surface area contributed by atoms with Crippen molar-refractivity contribution in [3.05, 3.63) is 60.4 Å². The standard InChI is InChI=1S/C22H21N5O4/c1-23-21(28)18-12-15(8-9-24-18)31-14-5-6-16-17(11-14)27-22(26-16)25-13-4-7-19(29-2)20(10-13)30-3/h4-12H,1-3H3,(H,23,28)(H2,25,26,27). The minimum Gasteiger partial charge on any atom is -0.493 e. The van der Waals surface area contributed by atoms with Crippen LogP contribution in [0.2, 0.25) is 0 Å². The number of aromatic amines is 1. The maximum absolute atomic E-state index is 11.8. The molecule has 0 aliphatic rings. The fourth-order valence-electron chi connectivity index (χ4n) is 3.03. The Hall–Kier alpha value is -4.27. The van der Waals surface area contributed by atoms with Crippen LogP contribution in [0.4, 0.5) is 11.6 Å². The third kappa shape index (κ3) is 4.35. The molecule has 0 aliphatic heterocycles. The summed E-state index contributed by atoms with van der Waals surface area (Å²) in [5, 5.41) is 5.76. The number of pyridine rings is 1. The molecule has 0 fully saturated rings. The fourth-order valence-corrected chi connectivity index (χ4v) is 3.03. The van der Waals surface area contributed by atoms with E-state index < -0.39 is 0 Å². The molecule has 2 aromatic heterocycles. The van der Waals surface area contributed by atoms with E-state index in [1.165, 1.54) is 6.20 Å². The number of anilines is 2. The van der Waals surface area contributed by atoms with Crippen LogP contribution in [-0.4, -0.2) is 42.1 Å². The lowest BCUT2D eigenvalue weighted by atomic mass is 10.3. The molecule has 158 valence electrons. The van der Waals surface area contributed by atoms with E-state index >= 15 is 0 Å². The van der Waals surface area contributed by atoms with Gasteiger partial charge in [0, 0.05) is 37.1 Å². The van der Waals surface area contributed by atoms with E-state index in [1.807, 2.05) is 36.4 Å². The molecule has 2 aromatic carbocycles. The molecule has 31 heavy (non-hydrogen) atoms. The predicted octanol–water partition coefficient (Wildman–Crippen LogP) is 3.87. The summed E-state index contributed by atoms with van der Waals surface area (Å²) in [4.78, 5) is 23.6. The second-order valence-corrected chi connectivity index (χ2v) is 6.52. The third-order valence-electron chi connectivity index (χ3n) is 4.53. The van der Waals surface area contributed by atoms with E-state index in [4.69, 9.17) is 14.2 Å². The van der Waals surface area contributed by atoms with Crippen molar-refractivity contribution in [1.29, 1.82) is 0 Å². The molecule has 0 spiro atoms. The third-order valence-corrected chi connectivity index (χ3v) is 4.53. The van der Waals surface area contributed by atoms with Crippen molar-refractivity contribution in [2.24, 2.45) is 0 Å². The molecule has 0 unspecified atom stereocenters. The molecule has 1 amide bonds. The van der Waals surface area contributed by atoms with E-state index in [2.05, 4.69) is 25.6 Å². The maximum Gasteiger partial charge on any atom is 0.269 e. The number of fused-ring (bicyclic) bond motifs is 1. The van der Waals surface area contributed by atoms with Gasteiger partial charge < -0.3 is 29.8 Å². The highest BCUT2D eigenvalue weighted by Crippen LogP contribution is 2.31. The van der Waals surface area contributed by atoms with Gasteiger partial charge in [-0.25, -0.2) is 4.98 Å². The topological polar surface area (TPSA) is 110 Å². The van der Waals surface area contributed by atoms with Crippen LogP contribution < -0.4 is 24.8 Å². The van der Waals surface area contributed by atoms with E-state index in [0.717, 1.165) is 16.7 Å². The Morgan fingerprint density at radius 3 is 2.55 bits per heavy atom. The summed E-state index contributed by atoms with van der Waals surface area (Å²) in [6.07, 6.45) is 1.53. The summed E-state index contributed by atoms with van der Waals surface area (Å²) in [5.74, 6) is 2.67. The zero-order valence-corrected chi connectivity index (χ0v) is 17.2. The maximum atomic E-state index is 11.8. The molecule has 0 radical (unpaired) electrons.